The first-order chi connectivity index (χ1) is 9.08. The van der Waals surface area contributed by atoms with Gasteiger partial charge in [0.1, 0.15) is 4.88 Å². The smallest absolute Gasteiger partial charge is 0.264 e. The summed E-state index contributed by atoms with van der Waals surface area (Å²) in [5, 5.41) is 7.37. The van der Waals surface area contributed by atoms with Gasteiger partial charge < -0.3 is 5.32 Å². The zero-order chi connectivity index (χ0) is 13.8. The van der Waals surface area contributed by atoms with Crippen LogP contribution in [0.3, 0.4) is 0 Å². The van der Waals surface area contributed by atoms with Gasteiger partial charge >= 0.3 is 0 Å². The monoisotopic (exact) mass is 301 g/mol. The molecule has 6 heteroatoms. The topological polar surface area (TPSA) is 54.9 Å². The molecule has 1 aromatic heterocycles. The molecule has 0 aromatic carbocycles. The van der Waals surface area contributed by atoms with Crippen molar-refractivity contribution >= 4 is 29.0 Å². The van der Waals surface area contributed by atoms with Gasteiger partial charge in [-0.1, -0.05) is 18.3 Å². The molecule has 0 bridgehead atoms. The van der Waals surface area contributed by atoms with Crippen molar-refractivity contribution in [3.8, 4) is 0 Å². The Bertz CT molecular complexity index is 427. The van der Waals surface area contributed by atoms with E-state index in [1.807, 2.05) is 13.8 Å². The lowest BCUT2D eigenvalue weighted by Crippen LogP contribution is -2.31. The molecule has 1 heterocycles. The predicted octanol–water partition coefficient (Wildman–Crippen LogP) is 3.19. The van der Waals surface area contributed by atoms with Gasteiger partial charge in [0.2, 0.25) is 0 Å². The fourth-order valence-corrected chi connectivity index (χ4v) is 3.36. The van der Waals surface area contributed by atoms with E-state index in [1.165, 1.54) is 11.5 Å². The van der Waals surface area contributed by atoms with Crippen LogP contribution in [0.2, 0.25) is 0 Å². The summed E-state index contributed by atoms with van der Waals surface area (Å²) in [5.74, 6) is 0.750. The summed E-state index contributed by atoms with van der Waals surface area (Å²) in [5.41, 5.74) is 0.798. The van der Waals surface area contributed by atoms with E-state index in [-0.39, 0.29) is 11.8 Å². The number of amides is 1. The minimum Gasteiger partial charge on any atom is -0.351 e. The summed E-state index contributed by atoms with van der Waals surface area (Å²) in [7, 11) is 0. The van der Waals surface area contributed by atoms with Gasteiger partial charge in [-0.25, -0.2) is 0 Å². The van der Waals surface area contributed by atoms with Crippen molar-refractivity contribution in [1.29, 1.82) is 0 Å². The standard InChI is InChI=1S/C13H20ClN3OS/c1-8(2)11-12(19-17-16-11)13(18)15-7-9-3-5-10(14)6-4-9/h8-10H,3-7H2,1-2H3,(H,15,18). The van der Waals surface area contributed by atoms with Crippen LogP contribution in [0.5, 0.6) is 0 Å². The highest BCUT2D eigenvalue weighted by atomic mass is 35.5. The zero-order valence-corrected chi connectivity index (χ0v) is 12.9. The molecule has 0 aliphatic heterocycles. The van der Waals surface area contributed by atoms with Crippen molar-refractivity contribution in [3.63, 3.8) is 0 Å². The van der Waals surface area contributed by atoms with Crippen LogP contribution < -0.4 is 5.32 Å². The van der Waals surface area contributed by atoms with Gasteiger partial charge in [0.25, 0.3) is 5.91 Å². The molecule has 4 nitrogen and oxygen atoms in total. The van der Waals surface area contributed by atoms with Gasteiger partial charge in [-0.2, -0.15) is 0 Å². The molecule has 1 aliphatic rings. The normalized spacial score (nSPS) is 23.6. The molecule has 0 spiro atoms. The first kappa shape index (κ1) is 14.7. The second kappa shape index (κ2) is 6.66. The van der Waals surface area contributed by atoms with E-state index in [0.29, 0.717) is 16.2 Å². The lowest BCUT2D eigenvalue weighted by atomic mass is 9.89. The molecule has 0 saturated heterocycles. The minimum absolute atomic E-state index is 0.0355. The van der Waals surface area contributed by atoms with E-state index in [2.05, 4.69) is 14.9 Å². The third-order valence-electron chi connectivity index (χ3n) is 3.59. The Morgan fingerprint density at radius 2 is 2.11 bits per heavy atom. The first-order valence-corrected chi connectivity index (χ1v) is 8.03. The van der Waals surface area contributed by atoms with Crippen LogP contribution in [0.1, 0.15) is 60.8 Å². The summed E-state index contributed by atoms with van der Waals surface area (Å²) in [6.45, 7) is 4.78. The van der Waals surface area contributed by atoms with Crippen LogP contribution in [0.25, 0.3) is 0 Å². The maximum atomic E-state index is 12.1. The number of nitrogens with one attached hydrogen (secondary N) is 1. The third-order valence-corrected chi connectivity index (χ3v) is 4.77. The molecule has 0 unspecified atom stereocenters. The summed E-state index contributed by atoms with van der Waals surface area (Å²) >= 11 is 7.26. The molecule has 2 rings (SSSR count). The van der Waals surface area contributed by atoms with Crippen molar-refractivity contribution in [1.82, 2.24) is 14.9 Å². The van der Waals surface area contributed by atoms with Crippen LogP contribution in [0.4, 0.5) is 0 Å². The Morgan fingerprint density at radius 3 is 2.74 bits per heavy atom. The van der Waals surface area contributed by atoms with Crippen molar-refractivity contribution in [2.24, 2.45) is 5.92 Å². The van der Waals surface area contributed by atoms with E-state index in [1.54, 1.807) is 0 Å². The molecular formula is C13H20ClN3OS. The van der Waals surface area contributed by atoms with Crippen LogP contribution in [0, 0.1) is 5.92 Å². The van der Waals surface area contributed by atoms with Crippen molar-refractivity contribution < 1.29 is 4.79 Å². The fraction of sp³-hybridized carbons (Fsp3) is 0.769. The van der Waals surface area contributed by atoms with Crippen LogP contribution in [-0.4, -0.2) is 27.4 Å². The maximum Gasteiger partial charge on any atom is 0.264 e. The Labute approximate surface area is 123 Å². The average Bonchev–Trinajstić information content (AvgIpc) is 2.87. The Hall–Kier alpha value is -0.680. The highest BCUT2D eigenvalue weighted by Crippen LogP contribution is 2.27. The summed E-state index contributed by atoms with van der Waals surface area (Å²) in [6.07, 6.45) is 4.32. The molecule has 1 fully saturated rings. The molecular weight excluding hydrogens is 282 g/mol. The molecule has 1 N–H and O–H groups in total. The third kappa shape index (κ3) is 3.89. The Kier molecular flexibility index (Phi) is 5.16. The SMILES string of the molecule is CC(C)c1nnsc1C(=O)NCC1CCC(Cl)CC1. The fourth-order valence-electron chi connectivity index (χ4n) is 2.38. The number of hydrogen-bond donors (Lipinski definition) is 1. The number of carbonyl (C=O) groups excluding carboxylic acids is 1. The van der Waals surface area contributed by atoms with Crippen LogP contribution >= 0.6 is 23.1 Å². The Morgan fingerprint density at radius 1 is 1.42 bits per heavy atom. The Balaban J connectivity index is 1.86. The number of alkyl halides is 1. The minimum atomic E-state index is -0.0355. The first-order valence-electron chi connectivity index (χ1n) is 6.82. The number of rotatable bonds is 4. The number of hydrogen-bond acceptors (Lipinski definition) is 4. The van der Waals surface area contributed by atoms with Gasteiger partial charge in [0, 0.05) is 11.9 Å². The highest BCUT2D eigenvalue weighted by Gasteiger charge is 2.22. The zero-order valence-electron chi connectivity index (χ0n) is 11.4. The second-order valence-corrected chi connectivity index (χ2v) is 6.84. The predicted molar refractivity (Wildman–Crippen MR) is 77.9 cm³/mol. The molecule has 0 radical (unpaired) electrons. The molecule has 0 atom stereocenters. The molecule has 1 aliphatic carbocycles. The van der Waals surface area contributed by atoms with E-state index >= 15 is 0 Å². The van der Waals surface area contributed by atoms with E-state index in [9.17, 15) is 4.79 Å². The number of halogens is 1. The largest absolute Gasteiger partial charge is 0.351 e. The van der Waals surface area contributed by atoms with Crippen molar-refractivity contribution in [2.75, 3.05) is 6.54 Å². The molecule has 1 amide bonds. The summed E-state index contributed by atoms with van der Waals surface area (Å²) in [4.78, 5) is 12.8. The number of carbonyl (C=O) groups is 1. The molecule has 1 saturated carbocycles. The van der Waals surface area contributed by atoms with Crippen LogP contribution in [0.15, 0.2) is 0 Å². The lowest BCUT2D eigenvalue weighted by molar-refractivity contribution is 0.0946. The van der Waals surface area contributed by atoms with Gasteiger partial charge in [0.15, 0.2) is 0 Å². The second-order valence-electron chi connectivity index (χ2n) is 5.47. The number of aromatic nitrogens is 2. The number of nitrogens with zero attached hydrogens (tertiary/aromatic N) is 2. The molecule has 19 heavy (non-hydrogen) atoms. The highest BCUT2D eigenvalue weighted by molar-refractivity contribution is 7.08. The summed E-state index contributed by atoms with van der Waals surface area (Å²) in [6, 6.07) is 0. The van der Waals surface area contributed by atoms with E-state index in [4.69, 9.17) is 11.6 Å². The maximum absolute atomic E-state index is 12.1. The summed E-state index contributed by atoms with van der Waals surface area (Å²) < 4.78 is 3.88. The van der Waals surface area contributed by atoms with Gasteiger partial charge in [0.05, 0.1) is 5.69 Å². The lowest BCUT2D eigenvalue weighted by Gasteiger charge is -2.24. The van der Waals surface area contributed by atoms with Gasteiger partial charge in [-0.3, -0.25) is 4.79 Å². The quantitative estimate of drug-likeness (QED) is 0.869. The molecule has 106 valence electrons. The van der Waals surface area contributed by atoms with E-state index in [0.717, 1.165) is 37.9 Å². The average molecular weight is 302 g/mol. The van der Waals surface area contributed by atoms with Crippen LogP contribution in [-0.2, 0) is 0 Å². The van der Waals surface area contributed by atoms with E-state index < -0.39 is 0 Å². The van der Waals surface area contributed by atoms with Crippen molar-refractivity contribution in [2.45, 2.75) is 50.8 Å². The van der Waals surface area contributed by atoms with Gasteiger partial charge in [-0.15, -0.1) is 16.7 Å². The molecule has 1 aromatic rings. The van der Waals surface area contributed by atoms with Gasteiger partial charge in [-0.05, 0) is 49.1 Å². The van der Waals surface area contributed by atoms with Crippen molar-refractivity contribution in [3.05, 3.63) is 10.6 Å².